The SMILES string of the molecule is CC(C)(NC(=O)NCc1ccc([N+](=O)[O-])cc1Br)C(=O)O. The van der Waals surface area contributed by atoms with Gasteiger partial charge in [0.05, 0.1) is 4.92 Å². The molecule has 0 bridgehead atoms. The minimum Gasteiger partial charge on any atom is -0.480 e. The van der Waals surface area contributed by atoms with E-state index in [1.54, 1.807) is 0 Å². The molecule has 1 rings (SSSR count). The van der Waals surface area contributed by atoms with Crippen LogP contribution in [0.5, 0.6) is 0 Å². The number of rotatable bonds is 5. The van der Waals surface area contributed by atoms with Gasteiger partial charge in [0.1, 0.15) is 5.54 Å². The molecule has 2 amide bonds. The van der Waals surface area contributed by atoms with E-state index in [4.69, 9.17) is 5.11 Å². The summed E-state index contributed by atoms with van der Waals surface area (Å²) in [4.78, 5) is 32.6. The van der Waals surface area contributed by atoms with Crippen molar-refractivity contribution in [1.29, 1.82) is 0 Å². The van der Waals surface area contributed by atoms with E-state index in [2.05, 4.69) is 26.6 Å². The number of non-ortho nitro benzene ring substituents is 1. The minimum atomic E-state index is -1.39. The molecule has 0 radical (unpaired) electrons. The van der Waals surface area contributed by atoms with Gasteiger partial charge < -0.3 is 15.7 Å². The second-order valence-corrected chi connectivity index (χ2v) is 5.62. The van der Waals surface area contributed by atoms with Crippen LogP contribution in [0, 0.1) is 10.1 Å². The van der Waals surface area contributed by atoms with Gasteiger partial charge in [-0.3, -0.25) is 10.1 Å². The molecule has 0 aromatic heterocycles. The van der Waals surface area contributed by atoms with E-state index in [0.717, 1.165) is 0 Å². The number of halogens is 1. The molecule has 1 aromatic carbocycles. The molecular weight excluding hydrogens is 346 g/mol. The standard InChI is InChI=1S/C12H14BrN3O5/c1-12(2,10(17)18)15-11(19)14-6-7-3-4-8(16(20)21)5-9(7)13/h3-5H,6H2,1-2H3,(H,17,18)(H2,14,15,19). The lowest BCUT2D eigenvalue weighted by Crippen LogP contribution is -2.53. The maximum Gasteiger partial charge on any atom is 0.328 e. The molecule has 9 heteroatoms. The molecule has 8 nitrogen and oxygen atoms in total. The number of aliphatic carboxylic acids is 1. The fourth-order valence-corrected chi connectivity index (χ4v) is 1.86. The van der Waals surface area contributed by atoms with Crippen molar-refractivity contribution in [3.8, 4) is 0 Å². The van der Waals surface area contributed by atoms with Crippen LogP contribution in [0.15, 0.2) is 22.7 Å². The summed E-state index contributed by atoms with van der Waals surface area (Å²) >= 11 is 3.18. The maximum absolute atomic E-state index is 11.6. The van der Waals surface area contributed by atoms with Crippen molar-refractivity contribution < 1.29 is 19.6 Å². The lowest BCUT2D eigenvalue weighted by Gasteiger charge is -2.21. The van der Waals surface area contributed by atoms with Gasteiger partial charge in [-0.05, 0) is 25.5 Å². The van der Waals surface area contributed by atoms with Crippen molar-refractivity contribution >= 4 is 33.6 Å². The maximum atomic E-state index is 11.6. The van der Waals surface area contributed by atoms with Crippen LogP contribution in [0.25, 0.3) is 0 Å². The first-order chi connectivity index (χ1) is 9.63. The fraction of sp³-hybridized carbons (Fsp3) is 0.333. The summed E-state index contributed by atoms with van der Waals surface area (Å²) in [5.41, 5.74) is -0.831. The van der Waals surface area contributed by atoms with Crippen molar-refractivity contribution in [2.75, 3.05) is 0 Å². The Hall–Kier alpha value is -2.16. The van der Waals surface area contributed by atoms with Crippen LogP contribution in [-0.2, 0) is 11.3 Å². The first-order valence-corrected chi connectivity index (χ1v) is 6.65. The Balaban J connectivity index is 2.66. The molecule has 1 aromatic rings. The van der Waals surface area contributed by atoms with Crippen molar-refractivity contribution in [2.45, 2.75) is 25.9 Å². The van der Waals surface area contributed by atoms with E-state index in [0.29, 0.717) is 10.0 Å². The van der Waals surface area contributed by atoms with Gasteiger partial charge in [-0.25, -0.2) is 9.59 Å². The van der Waals surface area contributed by atoms with Crippen molar-refractivity contribution in [1.82, 2.24) is 10.6 Å². The summed E-state index contributed by atoms with van der Waals surface area (Å²) in [5, 5.41) is 24.3. The van der Waals surface area contributed by atoms with Crippen LogP contribution in [-0.4, -0.2) is 27.6 Å². The zero-order valence-electron chi connectivity index (χ0n) is 11.3. The van der Waals surface area contributed by atoms with Crippen LogP contribution >= 0.6 is 15.9 Å². The quantitative estimate of drug-likeness (QED) is 0.548. The molecule has 0 saturated carbocycles. The topological polar surface area (TPSA) is 122 Å². The fourth-order valence-electron chi connectivity index (χ4n) is 1.35. The average Bonchev–Trinajstić information content (AvgIpc) is 2.36. The molecule has 0 unspecified atom stereocenters. The molecule has 0 aliphatic carbocycles. The lowest BCUT2D eigenvalue weighted by molar-refractivity contribution is -0.384. The highest BCUT2D eigenvalue weighted by atomic mass is 79.9. The molecule has 3 N–H and O–H groups in total. The predicted octanol–water partition coefficient (Wildman–Crippen LogP) is 2.02. The second kappa shape index (κ2) is 6.53. The Bertz CT molecular complexity index is 588. The number of carboxylic acid groups (broad SMARTS) is 1. The van der Waals surface area contributed by atoms with Gasteiger partial charge in [0.15, 0.2) is 0 Å². The predicted molar refractivity (Wildman–Crippen MR) is 77.9 cm³/mol. The Morgan fingerprint density at radius 1 is 1.43 bits per heavy atom. The monoisotopic (exact) mass is 359 g/mol. The number of nitrogens with one attached hydrogen (secondary N) is 2. The smallest absolute Gasteiger partial charge is 0.328 e. The van der Waals surface area contributed by atoms with E-state index < -0.39 is 22.5 Å². The van der Waals surface area contributed by atoms with E-state index in [-0.39, 0.29) is 12.2 Å². The Labute approximate surface area is 128 Å². The highest BCUT2D eigenvalue weighted by Crippen LogP contribution is 2.22. The number of nitro benzene ring substituents is 1. The largest absolute Gasteiger partial charge is 0.480 e. The van der Waals surface area contributed by atoms with E-state index >= 15 is 0 Å². The van der Waals surface area contributed by atoms with Crippen LogP contribution in [0.2, 0.25) is 0 Å². The van der Waals surface area contributed by atoms with E-state index in [1.807, 2.05) is 0 Å². The summed E-state index contributed by atoms with van der Waals surface area (Å²) < 4.78 is 0.481. The molecule has 0 aliphatic heterocycles. The third kappa shape index (κ3) is 4.71. The van der Waals surface area contributed by atoms with Gasteiger partial charge in [0.25, 0.3) is 5.69 Å². The number of benzene rings is 1. The van der Waals surface area contributed by atoms with Crippen LogP contribution < -0.4 is 10.6 Å². The van der Waals surface area contributed by atoms with Crippen molar-refractivity contribution in [2.24, 2.45) is 0 Å². The summed E-state index contributed by atoms with van der Waals surface area (Å²) in [6, 6.07) is 3.51. The number of carboxylic acids is 1. The summed E-state index contributed by atoms with van der Waals surface area (Å²) in [7, 11) is 0. The molecule has 0 aliphatic rings. The van der Waals surface area contributed by atoms with Gasteiger partial charge in [-0.1, -0.05) is 15.9 Å². The molecule has 0 spiro atoms. The summed E-state index contributed by atoms with van der Waals surface area (Å²) in [6.07, 6.45) is 0. The van der Waals surface area contributed by atoms with Crippen molar-refractivity contribution in [3.63, 3.8) is 0 Å². The zero-order chi connectivity index (χ0) is 16.2. The number of carbonyl (C=O) groups excluding carboxylic acids is 1. The number of amides is 2. The highest BCUT2D eigenvalue weighted by molar-refractivity contribution is 9.10. The number of nitro groups is 1. The third-order valence-electron chi connectivity index (χ3n) is 2.65. The van der Waals surface area contributed by atoms with Gasteiger partial charge >= 0.3 is 12.0 Å². The molecule has 0 atom stereocenters. The highest BCUT2D eigenvalue weighted by Gasteiger charge is 2.28. The first kappa shape index (κ1) is 16.9. The molecular formula is C12H14BrN3O5. The number of urea groups is 1. The molecule has 21 heavy (non-hydrogen) atoms. The van der Waals surface area contributed by atoms with Crippen molar-refractivity contribution in [3.05, 3.63) is 38.3 Å². The van der Waals surface area contributed by atoms with Gasteiger partial charge in [0, 0.05) is 23.2 Å². The summed E-state index contributed by atoms with van der Waals surface area (Å²) in [5.74, 6) is -1.16. The number of nitrogens with zero attached hydrogens (tertiary/aromatic N) is 1. The first-order valence-electron chi connectivity index (χ1n) is 5.85. The Morgan fingerprint density at radius 2 is 2.05 bits per heavy atom. The van der Waals surface area contributed by atoms with Gasteiger partial charge in [-0.15, -0.1) is 0 Å². The van der Waals surface area contributed by atoms with Gasteiger partial charge in [0.2, 0.25) is 0 Å². The van der Waals surface area contributed by atoms with E-state index in [9.17, 15) is 19.7 Å². The molecule has 114 valence electrons. The third-order valence-corrected chi connectivity index (χ3v) is 3.39. The van der Waals surface area contributed by atoms with Gasteiger partial charge in [-0.2, -0.15) is 0 Å². The number of carbonyl (C=O) groups is 2. The Kier molecular flexibility index (Phi) is 5.25. The van der Waals surface area contributed by atoms with Crippen LogP contribution in [0.1, 0.15) is 19.4 Å². The lowest BCUT2D eigenvalue weighted by atomic mass is 10.1. The second-order valence-electron chi connectivity index (χ2n) is 4.77. The van der Waals surface area contributed by atoms with Crippen LogP contribution in [0.3, 0.4) is 0 Å². The number of hydrogen-bond acceptors (Lipinski definition) is 4. The molecule has 0 heterocycles. The molecule has 0 fully saturated rings. The average molecular weight is 360 g/mol. The van der Waals surface area contributed by atoms with E-state index in [1.165, 1.54) is 32.0 Å². The molecule has 0 saturated heterocycles. The van der Waals surface area contributed by atoms with Crippen LogP contribution in [0.4, 0.5) is 10.5 Å². The normalized spacial score (nSPS) is 10.8. The minimum absolute atomic E-state index is 0.0675. The Morgan fingerprint density at radius 3 is 2.52 bits per heavy atom. The summed E-state index contributed by atoms with van der Waals surface area (Å²) in [6.45, 7) is 2.81. The zero-order valence-corrected chi connectivity index (χ0v) is 12.9. The number of hydrogen-bond donors (Lipinski definition) is 3.